The summed E-state index contributed by atoms with van der Waals surface area (Å²) in [6.45, 7) is 1.17. The lowest BCUT2D eigenvalue weighted by Gasteiger charge is -2.19. The van der Waals surface area contributed by atoms with Crippen LogP contribution in [0.5, 0.6) is 0 Å². The van der Waals surface area contributed by atoms with Gasteiger partial charge >= 0.3 is 12.1 Å². The van der Waals surface area contributed by atoms with Gasteiger partial charge in [0.25, 0.3) is 0 Å². The largest absolute Gasteiger partial charge is 0.453 e. The summed E-state index contributed by atoms with van der Waals surface area (Å²) in [5, 5.41) is 0. The normalized spacial score (nSPS) is 12.6. The van der Waals surface area contributed by atoms with Crippen LogP contribution in [0.2, 0.25) is 0 Å². The Morgan fingerprint density at radius 1 is 0.870 bits per heavy atom. The summed E-state index contributed by atoms with van der Waals surface area (Å²) < 4.78 is 66.6. The Morgan fingerprint density at radius 3 is 2.17 bits per heavy atom. The van der Waals surface area contributed by atoms with E-state index in [1.54, 1.807) is 0 Å². The van der Waals surface area contributed by atoms with E-state index in [9.17, 15) is 22.0 Å². The van der Waals surface area contributed by atoms with Crippen molar-refractivity contribution in [1.29, 1.82) is 0 Å². The molecule has 1 nitrogen and oxygen atoms in total. The lowest BCUT2D eigenvalue weighted by atomic mass is 10.2. The number of hydrogen-bond donors (Lipinski definition) is 0. The molecule has 1 rings (SSSR count). The van der Waals surface area contributed by atoms with Crippen molar-refractivity contribution in [3.63, 3.8) is 0 Å². The molecule has 0 fully saturated rings. The van der Waals surface area contributed by atoms with Gasteiger partial charge in [-0.05, 0) is 36.3 Å². The van der Waals surface area contributed by atoms with Gasteiger partial charge in [-0.25, -0.2) is 0 Å². The summed E-state index contributed by atoms with van der Waals surface area (Å²) in [6.07, 6.45) is -5.01. The third kappa shape index (κ3) is 8.55. The summed E-state index contributed by atoms with van der Waals surface area (Å²) in [7, 11) is 0. The molecule has 0 aliphatic heterocycles. The van der Waals surface area contributed by atoms with Gasteiger partial charge in [-0.3, -0.25) is 0 Å². The van der Waals surface area contributed by atoms with Crippen LogP contribution in [0.3, 0.4) is 0 Å². The molecule has 0 aliphatic rings. The Bertz CT molecular complexity index is 422. The second-order valence-corrected chi connectivity index (χ2v) is 6.39. The highest BCUT2D eigenvalue weighted by atomic mass is 32.2. The van der Waals surface area contributed by atoms with Crippen LogP contribution < -0.4 is 0 Å². The van der Waals surface area contributed by atoms with Crippen molar-refractivity contribution in [2.75, 3.05) is 18.1 Å². The van der Waals surface area contributed by atoms with Gasteiger partial charge in [-0.15, -0.1) is 0 Å². The smallest absolute Gasteiger partial charge is 0.377 e. The Kier molecular flexibility index (Phi) is 8.91. The fourth-order valence-electron chi connectivity index (χ4n) is 1.81. The fraction of sp³-hybridized carbons (Fsp3) is 0.625. The van der Waals surface area contributed by atoms with E-state index in [-0.39, 0.29) is 6.42 Å². The Balaban J connectivity index is 1.92. The van der Waals surface area contributed by atoms with Crippen LogP contribution in [-0.4, -0.2) is 30.2 Å². The predicted octanol–water partition coefficient (Wildman–Crippen LogP) is 5.69. The average molecular weight is 356 g/mol. The first-order valence-corrected chi connectivity index (χ1v) is 8.62. The Hall–Kier alpha value is -0.820. The third-order valence-electron chi connectivity index (χ3n) is 3.13. The van der Waals surface area contributed by atoms with Crippen molar-refractivity contribution in [2.24, 2.45) is 0 Å². The lowest BCUT2D eigenvalue weighted by molar-refractivity contribution is -0.284. The lowest BCUT2D eigenvalue weighted by Crippen LogP contribution is -2.36. The van der Waals surface area contributed by atoms with Gasteiger partial charge < -0.3 is 4.74 Å². The van der Waals surface area contributed by atoms with Crippen molar-refractivity contribution in [3.8, 4) is 0 Å². The monoisotopic (exact) mass is 356 g/mol. The van der Waals surface area contributed by atoms with E-state index in [4.69, 9.17) is 4.74 Å². The van der Waals surface area contributed by atoms with E-state index in [0.29, 0.717) is 19.0 Å². The zero-order valence-corrected chi connectivity index (χ0v) is 13.6. The molecule has 0 spiro atoms. The molecule has 0 amide bonds. The van der Waals surface area contributed by atoms with Gasteiger partial charge in [-0.1, -0.05) is 30.3 Å². The topological polar surface area (TPSA) is 9.23 Å². The molecule has 7 heteroatoms. The first-order valence-electron chi connectivity index (χ1n) is 7.47. The molecule has 1 aromatic rings. The molecule has 0 aliphatic carbocycles. The van der Waals surface area contributed by atoms with E-state index in [1.165, 1.54) is 11.8 Å². The molecular weight excluding hydrogens is 335 g/mol. The maximum Gasteiger partial charge on any atom is 0.453 e. The van der Waals surface area contributed by atoms with Crippen molar-refractivity contribution >= 4 is 11.8 Å². The summed E-state index contributed by atoms with van der Waals surface area (Å²) in [5.41, 5.74) is 1.10. The number of alkyl halides is 5. The van der Waals surface area contributed by atoms with Crippen molar-refractivity contribution in [1.82, 2.24) is 0 Å². The van der Waals surface area contributed by atoms with Gasteiger partial charge in [0.15, 0.2) is 0 Å². The highest BCUT2D eigenvalue weighted by molar-refractivity contribution is 7.99. The second-order valence-electron chi connectivity index (χ2n) is 5.16. The molecular formula is C16H21F5OS. The molecule has 0 radical (unpaired) electrons. The number of hydrogen-bond acceptors (Lipinski definition) is 2. The molecule has 0 saturated heterocycles. The minimum absolute atomic E-state index is 0.137. The van der Waals surface area contributed by atoms with Crippen LogP contribution in [0.1, 0.15) is 31.2 Å². The standard InChI is InChI=1S/C16H21F5OS/c17-15(18,16(19,20)21)9-6-12-23-11-5-4-10-22-13-14-7-2-1-3-8-14/h1-3,7-8H,4-6,9-13H2. The van der Waals surface area contributed by atoms with E-state index in [1.807, 2.05) is 30.3 Å². The number of thioether (sulfide) groups is 1. The Morgan fingerprint density at radius 2 is 1.52 bits per heavy atom. The van der Waals surface area contributed by atoms with E-state index < -0.39 is 18.5 Å². The van der Waals surface area contributed by atoms with Crippen LogP contribution in [0, 0.1) is 0 Å². The fourth-order valence-corrected chi connectivity index (χ4v) is 2.77. The van der Waals surface area contributed by atoms with Crippen LogP contribution in [0.4, 0.5) is 22.0 Å². The zero-order valence-electron chi connectivity index (χ0n) is 12.7. The van der Waals surface area contributed by atoms with Crippen LogP contribution in [0.25, 0.3) is 0 Å². The first-order chi connectivity index (χ1) is 10.8. The highest BCUT2D eigenvalue weighted by Gasteiger charge is 2.56. The Labute approximate surface area is 137 Å². The molecule has 0 bridgehead atoms. The number of benzene rings is 1. The molecule has 0 heterocycles. The molecule has 0 atom stereocenters. The van der Waals surface area contributed by atoms with Gasteiger partial charge in [0.2, 0.25) is 0 Å². The molecule has 23 heavy (non-hydrogen) atoms. The van der Waals surface area contributed by atoms with E-state index >= 15 is 0 Å². The molecule has 0 aromatic heterocycles. The number of ether oxygens (including phenoxy) is 1. The van der Waals surface area contributed by atoms with Crippen LogP contribution >= 0.6 is 11.8 Å². The predicted molar refractivity (Wildman–Crippen MR) is 82.9 cm³/mol. The molecule has 0 N–H and O–H groups in total. The SMILES string of the molecule is FC(F)(F)C(F)(F)CCCSCCCCOCc1ccccc1. The van der Waals surface area contributed by atoms with Gasteiger partial charge in [0.05, 0.1) is 6.61 Å². The maximum atomic E-state index is 12.6. The van der Waals surface area contributed by atoms with Crippen molar-refractivity contribution in [3.05, 3.63) is 35.9 Å². The highest BCUT2D eigenvalue weighted by Crippen LogP contribution is 2.39. The van der Waals surface area contributed by atoms with Crippen LogP contribution in [-0.2, 0) is 11.3 Å². The second kappa shape index (κ2) is 10.1. The molecule has 0 unspecified atom stereocenters. The zero-order chi connectivity index (χ0) is 17.2. The summed E-state index contributed by atoms with van der Waals surface area (Å²) in [6, 6.07) is 9.78. The average Bonchev–Trinajstić information content (AvgIpc) is 2.49. The first kappa shape index (κ1) is 20.2. The number of unbranched alkanes of at least 4 members (excludes halogenated alkanes) is 1. The summed E-state index contributed by atoms with van der Waals surface area (Å²) in [5.74, 6) is -3.51. The maximum absolute atomic E-state index is 12.6. The quantitative estimate of drug-likeness (QED) is 0.372. The van der Waals surface area contributed by atoms with Crippen molar-refractivity contribution < 1.29 is 26.7 Å². The number of halogens is 5. The van der Waals surface area contributed by atoms with Gasteiger partial charge in [0.1, 0.15) is 0 Å². The number of rotatable bonds is 11. The summed E-state index contributed by atoms with van der Waals surface area (Å²) >= 11 is 1.40. The molecule has 0 saturated carbocycles. The third-order valence-corrected chi connectivity index (χ3v) is 4.29. The van der Waals surface area contributed by atoms with Crippen molar-refractivity contribution in [2.45, 2.75) is 44.4 Å². The van der Waals surface area contributed by atoms with E-state index in [2.05, 4.69) is 0 Å². The van der Waals surface area contributed by atoms with Gasteiger partial charge in [0, 0.05) is 13.0 Å². The van der Waals surface area contributed by atoms with E-state index in [0.717, 1.165) is 24.2 Å². The minimum atomic E-state index is -5.44. The van der Waals surface area contributed by atoms with Gasteiger partial charge in [-0.2, -0.15) is 33.7 Å². The molecule has 1 aromatic carbocycles. The van der Waals surface area contributed by atoms with Crippen LogP contribution in [0.15, 0.2) is 30.3 Å². The molecule has 132 valence electrons. The minimum Gasteiger partial charge on any atom is -0.377 e. The summed E-state index contributed by atoms with van der Waals surface area (Å²) in [4.78, 5) is 0.